The van der Waals surface area contributed by atoms with E-state index >= 15 is 0 Å². The highest BCUT2D eigenvalue weighted by Gasteiger charge is 2.08. The van der Waals surface area contributed by atoms with E-state index in [1.165, 1.54) is 12.5 Å². The van der Waals surface area contributed by atoms with Crippen LogP contribution in [0.1, 0.15) is 0 Å². The molecule has 0 N–H and O–H groups in total. The van der Waals surface area contributed by atoms with Crippen LogP contribution < -0.4 is 0 Å². The largest absolute Gasteiger partial charge is 0.255 e. The van der Waals surface area contributed by atoms with Crippen LogP contribution >= 0.6 is 15.9 Å². The Bertz CT molecular complexity index is 622. The first-order chi connectivity index (χ1) is 6.97. The fraction of sp³-hybridized carbons (Fsp3) is 0.100. The quantitative estimate of drug-likeness (QED) is 0.808. The minimum Gasteiger partial charge on any atom is -0.255 e. The summed E-state index contributed by atoms with van der Waals surface area (Å²) >= 11 is 3.33. The first kappa shape index (κ1) is 10.6. The van der Waals surface area contributed by atoms with Crippen molar-refractivity contribution in [1.29, 1.82) is 0 Å². The minimum absolute atomic E-state index is 0.244. The molecule has 0 bridgehead atoms. The molecule has 15 heavy (non-hydrogen) atoms. The lowest BCUT2D eigenvalue weighted by atomic mass is 10.2. The molecule has 78 valence electrons. The van der Waals surface area contributed by atoms with Gasteiger partial charge in [-0.3, -0.25) is 4.98 Å². The van der Waals surface area contributed by atoms with Crippen LogP contribution in [0.15, 0.2) is 39.8 Å². The zero-order valence-corrected chi connectivity index (χ0v) is 10.3. The van der Waals surface area contributed by atoms with Gasteiger partial charge in [0, 0.05) is 22.3 Å². The van der Waals surface area contributed by atoms with Gasteiger partial charge in [-0.2, -0.15) is 0 Å². The maximum Gasteiger partial charge on any atom is 0.177 e. The third kappa shape index (κ3) is 2.18. The van der Waals surface area contributed by atoms with Crippen LogP contribution in [-0.4, -0.2) is 19.7 Å². The molecule has 1 heterocycles. The Hall–Kier alpha value is -0.940. The summed E-state index contributed by atoms with van der Waals surface area (Å²) < 4.78 is 23.5. The van der Waals surface area contributed by atoms with E-state index in [0.29, 0.717) is 0 Å². The number of halogens is 1. The van der Waals surface area contributed by atoms with Crippen LogP contribution in [0.5, 0.6) is 0 Å². The molecule has 2 rings (SSSR count). The van der Waals surface area contributed by atoms with E-state index in [4.69, 9.17) is 0 Å². The average Bonchev–Trinajstić information content (AvgIpc) is 2.15. The van der Waals surface area contributed by atoms with Crippen molar-refractivity contribution in [2.45, 2.75) is 4.90 Å². The molecule has 0 saturated carbocycles. The molecule has 0 spiro atoms. The molecule has 1 aromatic heterocycles. The topological polar surface area (TPSA) is 47.0 Å². The Balaban J connectivity index is 2.75. The number of sulfone groups is 1. The molecule has 0 atom stereocenters. The Kier molecular flexibility index (Phi) is 2.52. The summed E-state index contributed by atoms with van der Waals surface area (Å²) in [6.07, 6.45) is 2.55. The molecule has 0 fully saturated rings. The molecule has 1 aromatic carbocycles. The molecule has 2 aromatic rings. The van der Waals surface area contributed by atoms with Gasteiger partial charge < -0.3 is 0 Å². The predicted octanol–water partition coefficient (Wildman–Crippen LogP) is 2.40. The summed E-state index contributed by atoms with van der Waals surface area (Å²) in [5.41, 5.74) is 0.783. The van der Waals surface area contributed by atoms with Crippen LogP contribution in [0.25, 0.3) is 10.9 Å². The number of benzene rings is 1. The van der Waals surface area contributed by atoms with Crippen LogP contribution in [0, 0.1) is 0 Å². The van der Waals surface area contributed by atoms with Gasteiger partial charge in [-0.05, 0) is 24.3 Å². The third-order valence-corrected chi connectivity index (χ3v) is 3.62. The van der Waals surface area contributed by atoms with Gasteiger partial charge in [-0.15, -0.1) is 0 Å². The lowest BCUT2D eigenvalue weighted by Crippen LogP contribution is -1.97. The molecule has 5 heteroatoms. The second-order valence-corrected chi connectivity index (χ2v) is 6.21. The minimum atomic E-state index is -3.18. The first-order valence-electron chi connectivity index (χ1n) is 4.22. The Morgan fingerprint density at radius 2 is 2.00 bits per heavy atom. The fourth-order valence-electron chi connectivity index (χ4n) is 1.29. The van der Waals surface area contributed by atoms with E-state index in [9.17, 15) is 8.42 Å². The summed E-state index contributed by atoms with van der Waals surface area (Å²) in [4.78, 5) is 4.33. The van der Waals surface area contributed by atoms with E-state index in [0.717, 1.165) is 15.4 Å². The first-order valence-corrected chi connectivity index (χ1v) is 6.90. The van der Waals surface area contributed by atoms with Gasteiger partial charge in [0.1, 0.15) is 0 Å². The van der Waals surface area contributed by atoms with Gasteiger partial charge >= 0.3 is 0 Å². The average molecular weight is 286 g/mol. The van der Waals surface area contributed by atoms with E-state index in [1.54, 1.807) is 6.07 Å². The lowest BCUT2D eigenvalue weighted by Gasteiger charge is -2.01. The van der Waals surface area contributed by atoms with Crippen molar-refractivity contribution in [3.05, 3.63) is 34.9 Å². The van der Waals surface area contributed by atoms with Crippen LogP contribution in [0.4, 0.5) is 0 Å². The number of aromatic nitrogens is 1. The highest BCUT2D eigenvalue weighted by molar-refractivity contribution is 9.10. The fourth-order valence-corrected chi connectivity index (χ4v) is 2.25. The molecule has 0 saturated heterocycles. The summed E-state index contributed by atoms with van der Waals surface area (Å²) in [6.45, 7) is 0. The van der Waals surface area contributed by atoms with Crippen LogP contribution in [0.3, 0.4) is 0 Å². The van der Waals surface area contributed by atoms with E-state index in [1.807, 2.05) is 18.2 Å². The number of hydrogen-bond acceptors (Lipinski definition) is 3. The Morgan fingerprint density at radius 3 is 2.67 bits per heavy atom. The van der Waals surface area contributed by atoms with Crippen LogP contribution in [0.2, 0.25) is 0 Å². The van der Waals surface area contributed by atoms with E-state index in [-0.39, 0.29) is 4.90 Å². The van der Waals surface area contributed by atoms with Gasteiger partial charge in [0.05, 0.1) is 10.4 Å². The lowest BCUT2D eigenvalue weighted by molar-refractivity contribution is 0.601. The van der Waals surface area contributed by atoms with Crippen molar-refractivity contribution < 1.29 is 8.42 Å². The maximum absolute atomic E-state index is 11.3. The van der Waals surface area contributed by atoms with Crippen molar-refractivity contribution >= 4 is 36.7 Å². The van der Waals surface area contributed by atoms with Crippen LogP contribution in [-0.2, 0) is 9.84 Å². The van der Waals surface area contributed by atoms with Crippen molar-refractivity contribution in [3.63, 3.8) is 0 Å². The van der Waals surface area contributed by atoms with Crippen molar-refractivity contribution in [3.8, 4) is 0 Å². The molecular weight excluding hydrogens is 278 g/mol. The SMILES string of the molecule is CS(=O)(=O)c1cnc2ccc(Br)cc2c1. The molecule has 3 nitrogen and oxygen atoms in total. The molecule has 0 aliphatic rings. The monoisotopic (exact) mass is 285 g/mol. The molecule has 0 unspecified atom stereocenters. The number of fused-ring (bicyclic) bond motifs is 1. The number of rotatable bonds is 1. The van der Waals surface area contributed by atoms with Gasteiger partial charge in [0.25, 0.3) is 0 Å². The number of hydrogen-bond donors (Lipinski definition) is 0. The smallest absolute Gasteiger partial charge is 0.177 e. The van der Waals surface area contributed by atoms with Crippen molar-refractivity contribution in [2.24, 2.45) is 0 Å². The number of nitrogens with zero attached hydrogens (tertiary/aromatic N) is 1. The van der Waals surface area contributed by atoms with Gasteiger partial charge in [-0.25, -0.2) is 8.42 Å². The highest BCUT2D eigenvalue weighted by Crippen LogP contribution is 2.20. The summed E-state index contributed by atoms with van der Waals surface area (Å²) in [5, 5.41) is 0.812. The van der Waals surface area contributed by atoms with Gasteiger partial charge in [-0.1, -0.05) is 15.9 Å². The summed E-state index contributed by atoms with van der Waals surface area (Å²) in [7, 11) is -3.18. The third-order valence-electron chi connectivity index (χ3n) is 2.05. The number of pyridine rings is 1. The molecule has 0 aliphatic carbocycles. The zero-order chi connectivity index (χ0) is 11.1. The molecular formula is C10H8BrNO2S. The van der Waals surface area contributed by atoms with E-state index < -0.39 is 9.84 Å². The molecule has 0 aliphatic heterocycles. The van der Waals surface area contributed by atoms with Crippen molar-refractivity contribution in [1.82, 2.24) is 4.98 Å². The Labute approximate surface area is 96.2 Å². The predicted molar refractivity (Wildman–Crippen MR) is 62.6 cm³/mol. The highest BCUT2D eigenvalue weighted by atomic mass is 79.9. The molecule has 0 radical (unpaired) electrons. The summed E-state index contributed by atoms with van der Waals surface area (Å²) in [5.74, 6) is 0. The van der Waals surface area contributed by atoms with E-state index in [2.05, 4.69) is 20.9 Å². The standard InChI is InChI=1S/C10H8BrNO2S/c1-15(13,14)9-5-7-4-8(11)2-3-10(7)12-6-9/h2-6H,1H3. The second kappa shape index (κ2) is 3.57. The van der Waals surface area contributed by atoms with Gasteiger partial charge in [0.2, 0.25) is 0 Å². The Morgan fingerprint density at radius 1 is 1.27 bits per heavy atom. The zero-order valence-electron chi connectivity index (χ0n) is 7.94. The summed E-state index contributed by atoms with van der Waals surface area (Å²) in [6, 6.07) is 7.18. The normalized spacial score (nSPS) is 11.9. The van der Waals surface area contributed by atoms with Gasteiger partial charge in [0.15, 0.2) is 9.84 Å². The maximum atomic E-state index is 11.3. The molecule has 0 amide bonds. The van der Waals surface area contributed by atoms with Crippen molar-refractivity contribution in [2.75, 3.05) is 6.26 Å². The second-order valence-electron chi connectivity index (χ2n) is 3.28.